The van der Waals surface area contributed by atoms with Crippen LogP contribution in [0.4, 0.5) is 0 Å². The maximum Gasteiger partial charge on any atom is 0.153 e. The Bertz CT molecular complexity index is 570. The summed E-state index contributed by atoms with van der Waals surface area (Å²) in [6, 6.07) is 6.75. The zero-order chi connectivity index (χ0) is 14.7. The van der Waals surface area contributed by atoms with Crippen molar-refractivity contribution in [3.63, 3.8) is 0 Å². The van der Waals surface area contributed by atoms with E-state index >= 15 is 0 Å². The number of aromatic nitrogens is 3. The first kappa shape index (κ1) is 14.7. The lowest BCUT2D eigenvalue weighted by atomic mass is 10.1. The molecule has 0 spiro atoms. The molecule has 2 aromatic rings. The molecule has 0 saturated heterocycles. The smallest absolute Gasteiger partial charge is 0.153 e. The molecule has 0 radical (unpaired) electrons. The normalized spacial score (nSPS) is 11.6. The van der Waals surface area contributed by atoms with Crippen LogP contribution >= 0.6 is 0 Å². The summed E-state index contributed by atoms with van der Waals surface area (Å²) >= 11 is 0. The SMILES string of the molecule is Cc1cc(CNC(C)C)cc(-n2ccc(C(C)C)n2)n1. The summed E-state index contributed by atoms with van der Waals surface area (Å²) in [5.41, 5.74) is 3.35. The van der Waals surface area contributed by atoms with Crippen LogP contribution in [0, 0.1) is 6.92 Å². The van der Waals surface area contributed by atoms with E-state index in [1.165, 1.54) is 5.56 Å². The van der Waals surface area contributed by atoms with Gasteiger partial charge in [-0.1, -0.05) is 27.7 Å². The molecule has 4 heteroatoms. The summed E-state index contributed by atoms with van der Waals surface area (Å²) in [4.78, 5) is 4.58. The standard InChI is InChI=1S/C16H24N4/c1-11(2)15-6-7-20(19-15)16-9-14(8-13(5)18-16)10-17-12(3)4/h6-9,11-12,17H,10H2,1-5H3. The van der Waals surface area contributed by atoms with Crippen LogP contribution in [-0.2, 0) is 6.54 Å². The molecular weight excluding hydrogens is 248 g/mol. The van der Waals surface area contributed by atoms with Crippen molar-refractivity contribution in [3.05, 3.63) is 41.3 Å². The van der Waals surface area contributed by atoms with Crippen LogP contribution in [-0.4, -0.2) is 20.8 Å². The van der Waals surface area contributed by atoms with E-state index < -0.39 is 0 Å². The van der Waals surface area contributed by atoms with Gasteiger partial charge >= 0.3 is 0 Å². The van der Waals surface area contributed by atoms with Gasteiger partial charge < -0.3 is 5.32 Å². The van der Waals surface area contributed by atoms with Crippen LogP contribution in [0.5, 0.6) is 0 Å². The second-order valence-electron chi connectivity index (χ2n) is 5.85. The van der Waals surface area contributed by atoms with Gasteiger partial charge in [0.25, 0.3) is 0 Å². The lowest BCUT2D eigenvalue weighted by Gasteiger charge is -2.10. The Hall–Kier alpha value is -1.68. The van der Waals surface area contributed by atoms with Gasteiger partial charge in [0.05, 0.1) is 5.69 Å². The van der Waals surface area contributed by atoms with Crippen LogP contribution in [0.1, 0.15) is 50.6 Å². The van der Waals surface area contributed by atoms with Gasteiger partial charge in [0, 0.05) is 24.5 Å². The Kier molecular flexibility index (Phi) is 4.55. The summed E-state index contributed by atoms with van der Waals surface area (Å²) in [6.45, 7) is 11.5. The molecule has 2 rings (SSSR count). The Morgan fingerprint density at radius 1 is 1.20 bits per heavy atom. The number of nitrogens with one attached hydrogen (secondary N) is 1. The van der Waals surface area contributed by atoms with Crippen LogP contribution in [0.15, 0.2) is 24.4 Å². The second kappa shape index (κ2) is 6.18. The first-order valence-corrected chi connectivity index (χ1v) is 7.22. The minimum atomic E-state index is 0.433. The molecule has 1 N–H and O–H groups in total. The van der Waals surface area contributed by atoms with Crippen molar-refractivity contribution >= 4 is 0 Å². The van der Waals surface area contributed by atoms with E-state index in [9.17, 15) is 0 Å². The lowest BCUT2D eigenvalue weighted by Crippen LogP contribution is -2.22. The summed E-state index contributed by atoms with van der Waals surface area (Å²) in [6.07, 6.45) is 1.98. The highest BCUT2D eigenvalue weighted by molar-refractivity contribution is 5.30. The Balaban J connectivity index is 2.26. The third-order valence-corrected chi connectivity index (χ3v) is 3.15. The first-order valence-electron chi connectivity index (χ1n) is 7.22. The monoisotopic (exact) mass is 272 g/mol. The molecule has 0 aliphatic rings. The number of nitrogens with zero attached hydrogens (tertiary/aromatic N) is 3. The van der Waals surface area contributed by atoms with E-state index in [4.69, 9.17) is 0 Å². The van der Waals surface area contributed by atoms with Crippen molar-refractivity contribution in [2.75, 3.05) is 0 Å². The molecule has 0 unspecified atom stereocenters. The van der Waals surface area contributed by atoms with Crippen LogP contribution in [0.25, 0.3) is 5.82 Å². The van der Waals surface area contributed by atoms with Crippen molar-refractivity contribution in [2.24, 2.45) is 0 Å². The van der Waals surface area contributed by atoms with E-state index in [2.05, 4.69) is 61.3 Å². The average Bonchev–Trinajstić information content (AvgIpc) is 2.85. The van der Waals surface area contributed by atoms with Crippen molar-refractivity contribution in [1.82, 2.24) is 20.1 Å². The van der Waals surface area contributed by atoms with E-state index in [0.717, 1.165) is 23.8 Å². The number of aryl methyl sites for hydroxylation is 1. The molecular formula is C16H24N4. The molecule has 0 amide bonds. The molecule has 0 aliphatic heterocycles. The lowest BCUT2D eigenvalue weighted by molar-refractivity contribution is 0.587. The third kappa shape index (κ3) is 3.67. The molecule has 0 bridgehead atoms. The number of rotatable bonds is 5. The Morgan fingerprint density at radius 3 is 2.55 bits per heavy atom. The minimum absolute atomic E-state index is 0.433. The molecule has 0 saturated carbocycles. The van der Waals surface area contributed by atoms with Gasteiger partial charge in [-0.2, -0.15) is 5.10 Å². The molecule has 4 nitrogen and oxygen atoms in total. The first-order chi connectivity index (χ1) is 9.45. The Morgan fingerprint density at radius 2 is 1.95 bits per heavy atom. The summed E-state index contributed by atoms with van der Waals surface area (Å²) in [5, 5.41) is 8.02. The predicted molar refractivity (Wildman–Crippen MR) is 82.2 cm³/mol. The molecule has 0 atom stereocenters. The van der Waals surface area contributed by atoms with Crippen molar-refractivity contribution in [2.45, 2.75) is 53.1 Å². The highest BCUT2D eigenvalue weighted by atomic mass is 15.3. The van der Waals surface area contributed by atoms with Gasteiger partial charge in [-0.3, -0.25) is 0 Å². The minimum Gasteiger partial charge on any atom is -0.310 e. The fourth-order valence-corrected chi connectivity index (χ4v) is 2.04. The largest absolute Gasteiger partial charge is 0.310 e. The molecule has 0 aromatic carbocycles. The van der Waals surface area contributed by atoms with Gasteiger partial charge in [0.1, 0.15) is 0 Å². The van der Waals surface area contributed by atoms with Gasteiger partial charge in [-0.05, 0) is 36.6 Å². The van der Waals surface area contributed by atoms with Crippen molar-refractivity contribution in [3.8, 4) is 5.82 Å². The fourth-order valence-electron chi connectivity index (χ4n) is 2.04. The van der Waals surface area contributed by atoms with Gasteiger partial charge in [0.2, 0.25) is 0 Å². The fraction of sp³-hybridized carbons (Fsp3) is 0.500. The highest BCUT2D eigenvalue weighted by Gasteiger charge is 2.07. The average molecular weight is 272 g/mol. The van der Waals surface area contributed by atoms with Crippen LogP contribution < -0.4 is 5.32 Å². The molecule has 2 heterocycles. The summed E-state index contributed by atoms with van der Waals surface area (Å²) in [7, 11) is 0. The number of pyridine rings is 1. The van der Waals surface area contributed by atoms with E-state index in [0.29, 0.717) is 12.0 Å². The van der Waals surface area contributed by atoms with Crippen molar-refractivity contribution < 1.29 is 0 Å². The van der Waals surface area contributed by atoms with Gasteiger partial charge in [-0.15, -0.1) is 0 Å². The molecule has 0 aliphatic carbocycles. The molecule has 0 fully saturated rings. The maximum atomic E-state index is 4.59. The molecule has 20 heavy (non-hydrogen) atoms. The summed E-state index contributed by atoms with van der Waals surface area (Å²) < 4.78 is 1.86. The Labute approximate surface area is 121 Å². The molecule has 108 valence electrons. The highest BCUT2D eigenvalue weighted by Crippen LogP contribution is 2.14. The van der Waals surface area contributed by atoms with Crippen LogP contribution in [0.3, 0.4) is 0 Å². The van der Waals surface area contributed by atoms with Crippen LogP contribution in [0.2, 0.25) is 0 Å². The van der Waals surface area contributed by atoms with E-state index in [1.54, 1.807) is 0 Å². The maximum absolute atomic E-state index is 4.59. The number of hydrogen-bond donors (Lipinski definition) is 1. The second-order valence-corrected chi connectivity index (χ2v) is 5.85. The van der Waals surface area contributed by atoms with Gasteiger partial charge in [0.15, 0.2) is 5.82 Å². The number of hydrogen-bond acceptors (Lipinski definition) is 3. The topological polar surface area (TPSA) is 42.7 Å². The summed E-state index contributed by atoms with van der Waals surface area (Å²) in [5.74, 6) is 1.32. The quantitative estimate of drug-likeness (QED) is 0.909. The zero-order valence-electron chi connectivity index (χ0n) is 13.0. The predicted octanol–water partition coefficient (Wildman–Crippen LogP) is 3.20. The van der Waals surface area contributed by atoms with Gasteiger partial charge in [-0.25, -0.2) is 9.67 Å². The third-order valence-electron chi connectivity index (χ3n) is 3.15. The van der Waals surface area contributed by atoms with Crippen molar-refractivity contribution in [1.29, 1.82) is 0 Å². The van der Waals surface area contributed by atoms with E-state index in [-0.39, 0.29) is 0 Å². The zero-order valence-corrected chi connectivity index (χ0v) is 13.0. The van der Waals surface area contributed by atoms with E-state index in [1.807, 2.05) is 17.8 Å². The molecule has 2 aromatic heterocycles.